The zero-order valence-corrected chi connectivity index (χ0v) is 15.7. The zero-order valence-electron chi connectivity index (χ0n) is 15.7. The second kappa shape index (κ2) is 8.98. The minimum atomic E-state index is -0.460. The van der Waals surface area contributed by atoms with E-state index in [4.69, 9.17) is 18.9 Å². The lowest BCUT2D eigenvalue weighted by Crippen LogP contribution is -2.37. The van der Waals surface area contributed by atoms with Crippen molar-refractivity contribution in [2.24, 2.45) is 0 Å². The first kappa shape index (κ1) is 19.3. The molecular formula is C20H22N2O6. The average molecular weight is 386 g/mol. The number of anilines is 1. The molecule has 0 bridgehead atoms. The molecule has 0 saturated carbocycles. The van der Waals surface area contributed by atoms with Crippen molar-refractivity contribution in [1.29, 1.82) is 0 Å². The third kappa shape index (κ3) is 4.64. The molecular weight excluding hydrogens is 364 g/mol. The van der Waals surface area contributed by atoms with Gasteiger partial charge in [0, 0.05) is 6.07 Å². The number of para-hydroxylation sites is 2. The summed E-state index contributed by atoms with van der Waals surface area (Å²) in [5.41, 5.74) is 0.678. The Hall–Kier alpha value is -3.42. The van der Waals surface area contributed by atoms with Crippen LogP contribution in [0.5, 0.6) is 17.2 Å². The molecule has 8 nitrogen and oxygen atoms in total. The lowest BCUT2D eigenvalue weighted by atomic mass is 10.2. The van der Waals surface area contributed by atoms with Gasteiger partial charge >= 0.3 is 6.09 Å². The first-order valence-corrected chi connectivity index (χ1v) is 8.75. The Kier molecular flexibility index (Phi) is 6.21. The molecule has 28 heavy (non-hydrogen) atoms. The van der Waals surface area contributed by atoms with Crippen molar-refractivity contribution >= 4 is 17.7 Å². The maximum absolute atomic E-state index is 12.1. The number of cyclic esters (lactones) is 1. The normalized spacial score (nSPS) is 15.7. The molecule has 3 rings (SSSR count). The van der Waals surface area contributed by atoms with E-state index in [2.05, 4.69) is 5.32 Å². The quantitative estimate of drug-likeness (QED) is 0.749. The van der Waals surface area contributed by atoms with Gasteiger partial charge in [0.2, 0.25) is 0 Å². The number of rotatable bonds is 8. The van der Waals surface area contributed by atoms with Gasteiger partial charge in [-0.1, -0.05) is 18.2 Å². The van der Waals surface area contributed by atoms with Crippen LogP contribution in [0.15, 0.2) is 48.5 Å². The molecule has 1 fully saturated rings. The molecule has 0 aromatic heterocycles. The summed E-state index contributed by atoms with van der Waals surface area (Å²) >= 11 is 0. The topological polar surface area (TPSA) is 86.3 Å². The fraction of sp³-hybridized carbons (Fsp3) is 0.300. The van der Waals surface area contributed by atoms with Crippen molar-refractivity contribution in [3.63, 3.8) is 0 Å². The predicted molar refractivity (Wildman–Crippen MR) is 102 cm³/mol. The fourth-order valence-corrected chi connectivity index (χ4v) is 2.78. The molecule has 0 spiro atoms. The van der Waals surface area contributed by atoms with Gasteiger partial charge in [0.05, 0.1) is 33.0 Å². The van der Waals surface area contributed by atoms with E-state index in [1.54, 1.807) is 49.6 Å². The van der Waals surface area contributed by atoms with Gasteiger partial charge in [0.15, 0.2) is 18.1 Å². The minimum absolute atomic E-state index is 0.166. The first-order chi connectivity index (χ1) is 13.6. The Morgan fingerprint density at radius 2 is 1.93 bits per heavy atom. The zero-order chi connectivity index (χ0) is 19.9. The molecule has 1 heterocycles. The predicted octanol–water partition coefficient (Wildman–Crippen LogP) is 2.22. The summed E-state index contributed by atoms with van der Waals surface area (Å²) in [5, 5.41) is 2.71. The van der Waals surface area contributed by atoms with Crippen molar-refractivity contribution in [3.8, 4) is 17.2 Å². The molecule has 2 aromatic rings. The molecule has 8 heteroatoms. The Balaban J connectivity index is 1.48. The van der Waals surface area contributed by atoms with Crippen LogP contribution in [-0.2, 0) is 9.53 Å². The van der Waals surface area contributed by atoms with Gasteiger partial charge in [0.25, 0.3) is 5.91 Å². The molecule has 1 unspecified atom stereocenters. The third-order valence-electron chi connectivity index (χ3n) is 4.19. The smallest absolute Gasteiger partial charge is 0.414 e. The summed E-state index contributed by atoms with van der Waals surface area (Å²) < 4.78 is 21.1. The van der Waals surface area contributed by atoms with E-state index in [1.807, 2.05) is 6.07 Å². The number of nitrogens with zero attached hydrogens (tertiary/aromatic N) is 1. The highest BCUT2D eigenvalue weighted by molar-refractivity contribution is 5.90. The van der Waals surface area contributed by atoms with Crippen LogP contribution in [0.4, 0.5) is 10.5 Å². The molecule has 0 radical (unpaired) electrons. The summed E-state index contributed by atoms with van der Waals surface area (Å²) in [7, 11) is 3.09. The van der Waals surface area contributed by atoms with Crippen LogP contribution in [0.2, 0.25) is 0 Å². The molecule has 1 N–H and O–H groups in total. The van der Waals surface area contributed by atoms with E-state index in [0.29, 0.717) is 29.5 Å². The van der Waals surface area contributed by atoms with Crippen molar-refractivity contribution in [2.45, 2.75) is 6.10 Å². The number of carbonyl (C=O) groups is 2. The Morgan fingerprint density at radius 1 is 1.14 bits per heavy atom. The van der Waals surface area contributed by atoms with Crippen molar-refractivity contribution in [3.05, 3.63) is 48.5 Å². The van der Waals surface area contributed by atoms with Crippen LogP contribution < -0.4 is 24.4 Å². The monoisotopic (exact) mass is 386 g/mol. The van der Waals surface area contributed by atoms with Crippen LogP contribution in [0.3, 0.4) is 0 Å². The molecule has 1 aliphatic rings. The van der Waals surface area contributed by atoms with Gasteiger partial charge in [-0.25, -0.2) is 4.79 Å². The molecule has 1 aliphatic heterocycles. The second-order valence-corrected chi connectivity index (χ2v) is 6.06. The van der Waals surface area contributed by atoms with Crippen molar-refractivity contribution in [1.82, 2.24) is 5.32 Å². The first-order valence-electron chi connectivity index (χ1n) is 8.75. The summed E-state index contributed by atoms with van der Waals surface area (Å²) in [6.07, 6.45) is -0.910. The number of hydrogen-bond acceptors (Lipinski definition) is 6. The number of amides is 2. The maximum Gasteiger partial charge on any atom is 0.414 e. The highest BCUT2D eigenvalue weighted by atomic mass is 16.6. The fourth-order valence-electron chi connectivity index (χ4n) is 2.78. The van der Waals surface area contributed by atoms with Crippen molar-refractivity contribution in [2.75, 3.05) is 38.8 Å². The van der Waals surface area contributed by atoms with E-state index in [-0.39, 0.29) is 19.1 Å². The highest BCUT2D eigenvalue weighted by Gasteiger charge is 2.32. The molecule has 148 valence electrons. The lowest BCUT2D eigenvalue weighted by Gasteiger charge is -2.14. The van der Waals surface area contributed by atoms with Gasteiger partial charge in [-0.15, -0.1) is 0 Å². The highest BCUT2D eigenvalue weighted by Crippen LogP contribution is 2.26. The Labute approximate surface area is 162 Å². The van der Waals surface area contributed by atoms with Crippen molar-refractivity contribution < 1.29 is 28.5 Å². The molecule has 1 atom stereocenters. The Morgan fingerprint density at radius 3 is 2.68 bits per heavy atom. The van der Waals surface area contributed by atoms with Gasteiger partial charge in [-0.2, -0.15) is 0 Å². The van der Waals surface area contributed by atoms with Crippen LogP contribution in [0.1, 0.15) is 0 Å². The summed E-state index contributed by atoms with van der Waals surface area (Å²) in [6, 6.07) is 14.2. The largest absolute Gasteiger partial charge is 0.497 e. The summed E-state index contributed by atoms with van der Waals surface area (Å²) in [4.78, 5) is 25.7. The third-order valence-corrected chi connectivity index (χ3v) is 4.19. The van der Waals surface area contributed by atoms with E-state index in [1.165, 1.54) is 12.0 Å². The van der Waals surface area contributed by atoms with Crippen LogP contribution in [0, 0.1) is 0 Å². The summed E-state index contributed by atoms with van der Waals surface area (Å²) in [6.45, 7) is 0.362. The number of benzene rings is 2. The van der Waals surface area contributed by atoms with E-state index >= 15 is 0 Å². The standard InChI is InChI=1S/C20H22N2O6/c1-25-15-7-5-6-14(10-15)22-12-16(28-20(22)24)11-21-19(23)13-27-18-9-4-3-8-17(18)26-2/h3-10,16H,11-13H2,1-2H3,(H,21,23). The second-order valence-electron chi connectivity index (χ2n) is 6.06. The van der Waals surface area contributed by atoms with Crippen LogP contribution in [-0.4, -0.2) is 52.0 Å². The number of hydrogen-bond donors (Lipinski definition) is 1. The average Bonchev–Trinajstić information content (AvgIpc) is 3.11. The van der Waals surface area contributed by atoms with E-state index < -0.39 is 12.2 Å². The Bertz CT molecular complexity index is 841. The van der Waals surface area contributed by atoms with Crippen LogP contribution in [0.25, 0.3) is 0 Å². The number of carbonyl (C=O) groups excluding carboxylic acids is 2. The SMILES string of the molecule is COc1cccc(N2CC(CNC(=O)COc3ccccc3OC)OC2=O)c1. The molecule has 2 aromatic carbocycles. The van der Waals surface area contributed by atoms with Crippen LogP contribution >= 0.6 is 0 Å². The molecule has 2 amide bonds. The number of ether oxygens (including phenoxy) is 4. The van der Waals surface area contributed by atoms with Gasteiger partial charge in [-0.3, -0.25) is 9.69 Å². The summed E-state index contributed by atoms with van der Waals surface area (Å²) in [5.74, 6) is 1.36. The minimum Gasteiger partial charge on any atom is -0.497 e. The number of methoxy groups -OCH3 is 2. The lowest BCUT2D eigenvalue weighted by molar-refractivity contribution is -0.123. The van der Waals surface area contributed by atoms with Gasteiger partial charge in [-0.05, 0) is 24.3 Å². The van der Waals surface area contributed by atoms with Gasteiger partial charge in [0.1, 0.15) is 11.9 Å². The van der Waals surface area contributed by atoms with Gasteiger partial charge < -0.3 is 24.3 Å². The molecule has 1 saturated heterocycles. The van der Waals surface area contributed by atoms with E-state index in [9.17, 15) is 9.59 Å². The van der Waals surface area contributed by atoms with E-state index in [0.717, 1.165) is 0 Å². The maximum atomic E-state index is 12.1. The number of nitrogens with one attached hydrogen (secondary N) is 1. The molecule has 0 aliphatic carbocycles.